The lowest BCUT2D eigenvalue weighted by Gasteiger charge is -2.26. The maximum Gasteiger partial charge on any atom is 0.241 e. The van der Waals surface area contributed by atoms with E-state index in [9.17, 15) is 9.59 Å². The number of likely N-dealkylation sites (N-methyl/N-ethyl adjacent to an activating group) is 1. The molecule has 0 saturated carbocycles. The van der Waals surface area contributed by atoms with Gasteiger partial charge in [-0.15, -0.1) is 0 Å². The number of rotatable bonds is 7. The van der Waals surface area contributed by atoms with Gasteiger partial charge in [-0.3, -0.25) is 9.59 Å². The fraction of sp³-hybridized carbons (Fsp3) is 0.867. The molecule has 5 nitrogen and oxygen atoms in total. The second-order valence-corrected chi connectivity index (χ2v) is 5.85. The molecular formula is C15H29N3O2. The Morgan fingerprint density at radius 2 is 2.00 bits per heavy atom. The lowest BCUT2D eigenvalue weighted by molar-refractivity contribution is -0.139. The number of nitrogens with zero attached hydrogens (tertiary/aromatic N) is 2. The molecule has 0 spiro atoms. The first-order valence-electron chi connectivity index (χ1n) is 7.73. The first-order valence-corrected chi connectivity index (χ1v) is 7.73. The highest BCUT2D eigenvalue weighted by Gasteiger charge is 2.20. The van der Waals surface area contributed by atoms with Crippen LogP contribution in [-0.4, -0.2) is 61.9 Å². The number of hydrogen-bond donors (Lipinski definition) is 1. The van der Waals surface area contributed by atoms with Gasteiger partial charge in [0.25, 0.3) is 0 Å². The molecule has 1 N–H and O–H groups in total. The van der Waals surface area contributed by atoms with E-state index >= 15 is 0 Å². The van der Waals surface area contributed by atoms with Gasteiger partial charge in [0, 0.05) is 27.1 Å². The molecule has 0 bridgehead atoms. The summed E-state index contributed by atoms with van der Waals surface area (Å²) in [5, 5.41) is 3.37. The monoisotopic (exact) mass is 283 g/mol. The molecule has 0 aromatic rings. The molecule has 5 heteroatoms. The number of hydrogen-bond acceptors (Lipinski definition) is 3. The summed E-state index contributed by atoms with van der Waals surface area (Å²) >= 11 is 0. The van der Waals surface area contributed by atoms with Crippen molar-refractivity contribution in [3.05, 3.63) is 0 Å². The first kappa shape index (κ1) is 17.0. The van der Waals surface area contributed by atoms with E-state index in [-0.39, 0.29) is 18.4 Å². The van der Waals surface area contributed by atoms with Crippen LogP contribution in [0.1, 0.15) is 39.0 Å². The van der Waals surface area contributed by atoms with Crippen LogP contribution < -0.4 is 5.32 Å². The van der Waals surface area contributed by atoms with E-state index < -0.39 is 0 Å². The van der Waals surface area contributed by atoms with E-state index in [1.807, 2.05) is 6.92 Å². The van der Waals surface area contributed by atoms with Crippen LogP contribution in [0.5, 0.6) is 0 Å². The third kappa shape index (κ3) is 5.90. The molecule has 1 fully saturated rings. The van der Waals surface area contributed by atoms with Crippen LogP contribution in [0.15, 0.2) is 0 Å². The minimum atomic E-state index is -0.00821. The Morgan fingerprint density at radius 3 is 2.55 bits per heavy atom. The smallest absolute Gasteiger partial charge is 0.241 e. The van der Waals surface area contributed by atoms with Gasteiger partial charge in [0.05, 0.1) is 6.54 Å². The lowest BCUT2D eigenvalue weighted by atomic mass is 9.94. The molecule has 1 rings (SSSR count). The molecule has 116 valence electrons. The van der Waals surface area contributed by atoms with Crippen LogP contribution in [0.2, 0.25) is 0 Å². The van der Waals surface area contributed by atoms with E-state index in [1.54, 1.807) is 23.9 Å². The third-order valence-corrected chi connectivity index (χ3v) is 3.84. The minimum absolute atomic E-state index is 0.00821. The van der Waals surface area contributed by atoms with Gasteiger partial charge < -0.3 is 15.1 Å². The molecule has 0 radical (unpaired) electrons. The average Bonchev–Trinajstić information content (AvgIpc) is 2.45. The second kappa shape index (κ2) is 8.95. The summed E-state index contributed by atoms with van der Waals surface area (Å²) in [5.41, 5.74) is 0. The van der Waals surface area contributed by atoms with Gasteiger partial charge in [-0.25, -0.2) is 0 Å². The summed E-state index contributed by atoms with van der Waals surface area (Å²) in [5.74, 6) is 0.722. The van der Waals surface area contributed by atoms with Crippen molar-refractivity contribution in [3.8, 4) is 0 Å². The number of amides is 2. The highest BCUT2D eigenvalue weighted by molar-refractivity contribution is 5.84. The molecule has 1 atom stereocenters. The van der Waals surface area contributed by atoms with Crippen molar-refractivity contribution in [1.29, 1.82) is 0 Å². The molecule has 0 aromatic carbocycles. The van der Waals surface area contributed by atoms with Gasteiger partial charge in [0.15, 0.2) is 0 Å². The molecule has 1 heterocycles. The van der Waals surface area contributed by atoms with Crippen LogP contribution in [0.4, 0.5) is 0 Å². The Labute approximate surface area is 122 Å². The van der Waals surface area contributed by atoms with E-state index in [0.29, 0.717) is 18.9 Å². The predicted octanol–water partition coefficient (Wildman–Crippen LogP) is 1.09. The Morgan fingerprint density at radius 1 is 1.25 bits per heavy atom. The molecule has 1 saturated heterocycles. The second-order valence-electron chi connectivity index (χ2n) is 5.85. The van der Waals surface area contributed by atoms with Crippen LogP contribution in [0.3, 0.4) is 0 Å². The Balaban J connectivity index is 2.40. The summed E-state index contributed by atoms with van der Waals surface area (Å²) in [4.78, 5) is 27.3. The summed E-state index contributed by atoms with van der Waals surface area (Å²) < 4.78 is 0. The quantitative estimate of drug-likeness (QED) is 0.761. The number of carbonyl (C=O) groups excluding carboxylic acids is 2. The maximum atomic E-state index is 12.3. The SMILES string of the molecule is CCCN(CC(=O)N(C)C)C(=O)CCC1CCCNC1. The van der Waals surface area contributed by atoms with Crippen molar-refractivity contribution in [2.75, 3.05) is 40.3 Å². The topological polar surface area (TPSA) is 52.7 Å². The van der Waals surface area contributed by atoms with Gasteiger partial charge in [0.1, 0.15) is 0 Å². The van der Waals surface area contributed by atoms with Crippen LogP contribution in [0.25, 0.3) is 0 Å². The van der Waals surface area contributed by atoms with E-state index in [4.69, 9.17) is 0 Å². The fourth-order valence-electron chi connectivity index (χ4n) is 2.52. The van der Waals surface area contributed by atoms with Gasteiger partial charge in [-0.05, 0) is 44.7 Å². The molecule has 1 aliphatic heterocycles. The number of piperidine rings is 1. The zero-order chi connectivity index (χ0) is 15.0. The Kier molecular flexibility index (Phi) is 7.59. The zero-order valence-corrected chi connectivity index (χ0v) is 13.2. The molecule has 1 aliphatic rings. The number of nitrogens with one attached hydrogen (secondary N) is 1. The fourth-order valence-corrected chi connectivity index (χ4v) is 2.52. The molecule has 2 amide bonds. The van der Waals surface area contributed by atoms with Crippen molar-refractivity contribution in [3.63, 3.8) is 0 Å². The van der Waals surface area contributed by atoms with Gasteiger partial charge in [-0.2, -0.15) is 0 Å². The predicted molar refractivity (Wildman–Crippen MR) is 80.4 cm³/mol. The summed E-state index contributed by atoms with van der Waals surface area (Å²) in [6.07, 6.45) is 4.80. The molecular weight excluding hydrogens is 254 g/mol. The minimum Gasteiger partial charge on any atom is -0.347 e. The number of carbonyl (C=O) groups is 2. The van der Waals surface area contributed by atoms with Crippen molar-refractivity contribution in [1.82, 2.24) is 15.1 Å². The average molecular weight is 283 g/mol. The third-order valence-electron chi connectivity index (χ3n) is 3.84. The Hall–Kier alpha value is -1.10. The lowest BCUT2D eigenvalue weighted by Crippen LogP contribution is -2.41. The molecule has 20 heavy (non-hydrogen) atoms. The van der Waals surface area contributed by atoms with Crippen molar-refractivity contribution in [2.24, 2.45) is 5.92 Å². The van der Waals surface area contributed by atoms with Crippen molar-refractivity contribution >= 4 is 11.8 Å². The molecule has 0 aromatic heterocycles. The first-order chi connectivity index (χ1) is 9.54. The van der Waals surface area contributed by atoms with E-state index in [0.717, 1.165) is 25.9 Å². The van der Waals surface area contributed by atoms with E-state index in [1.165, 1.54) is 12.8 Å². The van der Waals surface area contributed by atoms with Gasteiger partial charge in [-0.1, -0.05) is 6.92 Å². The van der Waals surface area contributed by atoms with Crippen LogP contribution in [0, 0.1) is 5.92 Å². The zero-order valence-electron chi connectivity index (χ0n) is 13.2. The molecule has 1 unspecified atom stereocenters. The summed E-state index contributed by atoms with van der Waals surface area (Å²) in [6.45, 7) is 5.04. The van der Waals surface area contributed by atoms with E-state index in [2.05, 4.69) is 5.32 Å². The molecule has 0 aliphatic carbocycles. The highest BCUT2D eigenvalue weighted by atomic mass is 16.2. The highest BCUT2D eigenvalue weighted by Crippen LogP contribution is 2.16. The van der Waals surface area contributed by atoms with Crippen LogP contribution in [-0.2, 0) is 9.59 Å². The summed E-state index contributed by atoms with van der Waals surface area (Å²) in [7, 11) is 3.45. The van der Waals surface area contributed by atoms with Crippen molar-refractivity contribution < 1.29 is 9.59 Å². The maximum absolute atomic E-state index is 12.3. The van der Waals surface area contributed by atoms with Gasteiger partial charge >= 0.3 is 0 Å². The summed E-state index contributed by atoms with van der Waals surface area (Å²) in [6, 6.07) is 0. The van der Waals surface area contributed by atoms with Gasteiger partial charge in [0.2, 0.25) is 11.8 Å². The van der Waals surface area contributed by atoms with Crippen molar-refractivity contribution in [2.45, 2.75) is 39.0 Å². The normalized spacial score (nSPS) is 18.6. The van der Waals surface area contributed by atoms with Crippen LogP contribution >= 0.6 is 0 Å². The Bertz CT molecular complexity index is 312. The standard InChI is InChI=1S/C15H29N3O2/c1-4-10-18(12-15(20)17(2)3)14(19)8-7-13-6-5-9-16-11-13/h13,16H,4-12H2,1-3H3. The largest absolute Gasteiger partial charge is 0.347 e.